The van der Waals surface area contributed by atoms with Crippen LogP contribution < -0.4 is 5.32 Å². The molecular weight excluding hydrogens is 254 g/mol. The molecular formula is C15H21N3O2. The first kappa shape index (κ1) is 13.4. The molecule has 0 amide bonds. The first-order valence-corrected chi connectivity index (χ1v) is 7.23. The highest BCUT2D eigenvalue weighted by atomic mass is 16.3. The number of aryl methyl sites for hydroxylation is 1. The Balaban J connectivity index is 1.65. The maximum absolute atomic E-state index is 9.70. The Hall–Kier alpha value is -1.59. The van der Waals surface area contributed by atoms with Crippen LogP contribution in [0, 0.1) is 6.92 Å². The van der Waals surface area contributed by atoms with Crippen molar-refractivity contribution in [2.24, 2.45) is 0 Å². The van der Waals surface area contributed by atoms with Crippen molar-refractivity contribution >= 4 is 0 Å². The van der Waals surface area contributed by atoms with Gasteiger partial charge in [0.05, 0.1) is 12.3 Å². The van der Waals surface area contributed by atoms with Gasteiger partial charge in [-0.2, -0.15) is 5.10 Å². The summed E-state index contributed by atoms with van der Waals surface area (Å²) in [5, 5.41) is 20.3. The van der Waals surface area contributed by atoms with E-state index >= 15 is 0 Å². The van der Waals surface area contributed by atoms with Crippen molar-refractivity contribution in [1.29, 1.82) is 0 Å². The third-order valence-electron chi connectivity index (χ3n) is 3.93. The summed E-state index contributed by atoms with van der Waals surface area (Å²) in [5.74, 6) is 1.71. The molecule has 3 N–H and O–H groups in total. The Morgan fingerprint density at radius 3 is 3.10 bits per heavy atom. The van der Waals surface area contributed by atoms with E-state index in [1.807, 2.05) is 25.3 Å². The van der Waals surface area contributed by atoms with Crippen molar-refractivity contribution in [2.45, 2.75) is 51.3 Å². The van der Waals surface area contributed by atoms with E-state index in [0.29, 0.717) is 6.04 Å². The lowest BCUT2D eigenvalue weighted by molar-refractivity contribution is 0.111. The molecule has 1 aliphatic rings. The zero-order chi connectivity index (χ0) is 13.9. The second-order valence-corrected chi connectivity index (χ2v) is 5.58. The van der Waals surface area contributed by atoms with Crippen molar-refractivity contribution in [1.82, 2.24) is 15.5 Å². The number of hydrogen-bond donors (Lipinski definition) is 3. The van der Waals surface area contributed by atoms with Gasteiger partial charge >= 0.3 is 0 Å². The molecule has 3 rings (SSSR count). The number of rotatable bonds is 4. The summed E-state index contributed by atoms with van der Waals surface area (Å²) in [6.07, 6.45) is 5.67. The van der Waals surface area contributed by atoms with E-state index in [2.05, 4.69) is 15.5 Å². The average molecular weight is 275 g/mol. The quantitative estimate of drug-likeness (QED) is 0.801. The molecule has 0 aromatic carbocycles. The lowest BCUT2D eigenvalue weighted by Gasteiger charge is -2.26. The van der Waals surface area contributed by atoms with Crippen molar-refractivity contribution < 1.29 is 9.52 Å². The topological polar surface area (TPSA) is 74.1 Å². The molecule has 5 heteroatoms. The van der Waals surface area contributed by atoms with E-state index in [4.69, 9.17) is 4.42 Å². The smallest absolute Gasteiger partial charge is 0.152 e. The van der Waals surface area contributed by atoms with Gasteiger partial charge in [-0.1, -0.05) is 0 Å². The predicted octanol–water partition coefficient (Wildman–Crippen LogP) is 2.37. The lowest BCUT2D eigenvalue weighted by Crippen LogP contribution is -2.35. The van der Waals surface area contributed by atoms with Gasteiger partial charge in [0, 0.05) is 18.2 Å². The van der Waals surface area contributed by atoms with Crippen LogP contribution in [0.5, 0.6) is 0 Å². The van der Waals surface area contributed by atoms with Gasteiger partial charge in [0.2, 0.25) is 0 Å². The van der Waals surface area contributed by atoms with Crippen LogP contribution in [0.3, 0.4) is 0 Å². The third-order valence-corrected chi connectivity index (χ3v) is 3.93. The molecule has 2 atom stereocenters. The van der Waals surface area contributed by atoms with Crippen LogP contribution in [-0.2, 0) is 6.54 Å². The van der Waals surface area contributed by atoms with Gasteiger partial charge in [-0.15, -0.1) is 0 Å². The molecule has 2 aromatic heterocycles. The van der Waals surface area contributed by atoms with Gasteiger partial charge in [-0.25, -0.2) is 0 Å². The first-order chi connectivity index (χ1) is 9.72. The van der Waals surface area contributed by atoms with Gasteiger partial charge in [0.1, 0.15) is 11.5 Å². The highest BCUT2D eigenvalue weighted by Gasteiger charge is 2.20. The number of H-pyrrole nitrogens is 1. The van der Waals surface area contributed by atoms with Crippen LogP contribution in [0.15, 0.2) is 22.7 Å². The largest absolute Gasteiger partial charge is 0.460 e. The van der Waals surface area contributed by atoms with E-state index in [0.717, 1.165) is 55.0 Å². The van der Waals surface area contributed by atoms with Crippen LogP contribution in [0.4, 0.5) is 0 Å². The number of nitrogens with one attached hydrogen (secondary N) is 2. The standard InChI is InChI=1S/C15H21N3O2/c1-10-5-6-14(20-10)15-11(9-17-18-15)8-16-12-3-2-4-13(19)7-12/h5-6,9,12-13,16,19H,2-4,7-8H2,1H3,(H,17,18). The minimum Gasteiger partial charge on any atom is -0.460 e. The predicted molar refractivity (Wildman–Crippen MR) is 76.1 cm³/mol. The fourth-order valence-corrected chi connectivity index (χ4v) is 2.83. The monoisotopic (exact) mass is 275 g/mol. The molecule has 1 saturated carbocycles. The summed E-state index contributed by atoms with van der Waals surface area (Å²) >= 11 is 0. The number of nitrogens with zero attached hydrogens (tertiary/aromatic N) is 1. The summed E-state index contributed by atoms with van der Waals surface area (Å²) in [6.45, 7) is 2.67. The molecule has 1 aliphatic carbocycles. The molecule has 5 nitrogen and oxygen atoms in total. The number of aliphatic hydroxyl groups excluding tert-OH is 1. The van der Waals surface area contributed by atoms with Gasteiger partial charge in [0.15, 0.2) is 5.76 Å². The van der Waals surface area contributed by atoms with Crippen LogP contribution in [-0.4, -0.2) is 27.4 Å². The second-order valence-electron chi connectivity index (χ2n) is 5.58. The lowest BCUT2D eigenvalue weighted by atomic mass is 9.93. The first-order valence-electron chi connectivity index (χ1n) is 7.23. The van der Waals surface area contributed by atoms with E-state index in [9.17, 15) is 5.11 Å². The second kappa shape index (κ2) is 5.81. The summed E-state index contributed by atoms with van der Waals surface area (Å²) in [6, 6.07) is 4.29. The summed E-state index contributed by atoms with van der Waals surface area (Å²) < 4.78 is 5.64. The van der Waals surface area contributed by atoms with Crippen LogP contribution in [0.1, 0.15) is 37.0 Å². The molecule has 0 saturated heterocycles. The molecule has 1 fully saturated rings. The van der Waals surface area contributed by atoms with Crippen molar-refractivity contribution in [3.8, 4) is 11.5 Å². The molecule has 108 valence electrons. The van der Waals surface area contributed by atoms with E-state index in [-0.39, 0.29) is 6.10 Å². The maximum atomic E-state index is 9.70. The number of aromatic amines is 1. The molecule has 2 unspecified atom stereocenters. The molecule has 2 aromatic rings. The van der Waals surface area contributed by atoms with Crippen LogP contribution >= 0.6 is 0 Å². The third kappa shape index (κ3) is 2.94. The van der Waals surface area contributed by atoms with Gasteiger partial charge < -0.3 is 14.8 Å². The minimum absolute atomic E-state index is 0.155. The molecule has 0 aliphatic heterocycles. The van der Waals surface area contributed by atoms with Crippen molar-refractivity contribution in [2.75, 3.05) is 0 Å². The van der Waals surface area contributed by atoms with E-state index in [1.165, 1.54) is 0 Å². The molecule has 20 heavy (non-hydrogen) atoms. The normalized spacial score (nSPS) is 23.1. The van der Waals surface area contributed by atoms with E-state index < -0.39 is 0 Å². The molecule has 0 bridgehead atoms. The van der Waals surface area contributed by atoms with Gasteiger partial charge in [-0.05, 0) is 44.7 Å². The summed E-state index contributed by atoms with van der Waals surface area (Å²) in [5.41, 5.74) is 2.03. The Morgan fingerprint density at radius 1 is 1.45 bits per heavy atom. The Bertz CT molecular complexity index is 561. The number of furan rings is 1. The average Bonchev–Trinajstić information content (AvgIpc) is 3.04. The summed E-state index contributed by atoms with van der Waals surface area (Å²) in [7, 11) is 0. The highest BCUT2D eigenvalue weighted by molar-refractivity contribution is 5.56. The van der Waals surface area contributed by atoms with Crippen molar-refractivity contribution in [3.63, 3.8) is 0 Å². The van der Waals surface area contributed by atoms with Gasteiger partial charge in [0.25, 0.3) is 0 Å². The van der Waals surface area contributed by atoms with Crippen molar-refractivity contribution in [3.05, 3.63) is 29.7 Å². The zero-order valence-electron chi connectivity index (χ0n) is 11.7. The zero-order valence-corrected chi connectivity index (χ0v) is 11.7. The Morgan fingerprint density at radius 2 is 2.35 bits per heavy atom. The highest BCUT2D eigenvalue weighted by Crippen LogP contribution is 2.24. The maximum Gasteiger partial charge on any atom is 0.152 e. The number of aromatic nitrogens is 2. The van der Waals surface area contributed by atoms with Crippen LogP contribution in [0.2, 0.25) is 0 Å². The number of hydrogen-bond acceptors (Lipinski definition) is 4. The number of aliphatic hydroxyl groups is 1. The van der Waals surface area contributed by atoms with Crippen LogP contribution in [0.25, 0.3) is 11.5 Å². The Labute approximate surface area is 118 Å². The van der Waals surface area contributed by atoms with Gasteiger partial charge in [-0.3, -0.25) is 5.10 Å². The molecule has 2 heterocycles. The fourth-order valence-electron chi connectivity index (χ4n) is 2.83. The minimum atomic E-state index is -0.155. The SMILES string of the molecule is Cc1ccc(-c2[nH]ncc2CNC2CCCC(O)C2)o1. The molecule has 0 spiro atoms. The van der Waals surface area contributed by atoms with E-state index in [1.54, 1.807) is 0 Å². The Kier molecular flexibility index (Phi) is 3.89. The molecule has 0 radical (unpaired) electrons. The fraction of sp³-hybridized carbons (Fsp3) is 0.533. The summed E-state index contributed by atoms with van der Waals surface area (Å²) in [4.78, 5) is 0.